The van der Waals surface area contributed by atoms with Crippen LogP contribution >= 0.6 is 0 Å². The van der Waals surface area contributed by atoms with Crippen LogP contribution in [0.15, 0.2) is 0 Å². The first-order chi connectivity index (χ1) is 12.7. The number of nitrogens with zero attached hydrogens (tertiary/aromatic N) is 1. The normalized spacial score (nSPS) is 12.8. The summed E-state index contributed by atoms with van der Waals surface area (Å²) in [5, 5.41) is 12.5. The SMILES string of the molecule is CNCCCCCCCCCCCCCCCCN(C)CCCC(C)O. The summed E-state index contributed by atoms with van der Waals surface area (Å²) in [7, 11) is 4.26. The third-order valence-electron chi connectivity index (χ3n) is 5.38. The van der Waals surface area contributed by atoms with Gasteiger partial charge in [0.2, 0.25) is 0 Å². The van der Waals surface area contributed by atoms with Crippen LogP contribution in [-0.4, -0.2) is 49.8 Å². The molecule has 0 spiro atoms. The molecule has 0 aliphatic carbocycles. The summed E-state index contributed by atoms with van der Waals surface area (Å²) in [5.74, 6) is 0. The highest BCUT2D eigenvalue weighted by Crippen LogP contribution is 2.13. The number of rotatable bonds is 21. The molecule has 158 valence electrons. The van der Waals surface area contributed by atoms with Gasteiger partial charge < -0.3 is 15.3 Å². The number of unbranched alkanes of at least 4 members (excludes halogenated alkanes) is 13. The first kappa shape index (κ1) is 25.9. The van der Waals surface area contributed by atoms with Gasteiger partial charge in [0.05, 0.1) is 6.10 Å². The number of hydrogen-bond donors (Lipinski definition) is 2. The maximum atomic E-state index is 9.27. The van der Waals surface area contributed by atoms with Gasteiger partial charge in [-0.1, -0.05) is 77.0 Å². The minimum absolute atomic E-state index is 0.142. The highest BCUT2D eigenvalue weighted by Gasteiger charge is 2.00. The van der Waals surface area contributed by atoms with Gasteiger partial charge in [0, 0.05) is 0 Å². The number of aliphatic hydroxyl groups is 1. The molecule has 1 atom stereocenters. The second-order valence-corrected chi connectivity index (χ2v) is 8.35. The van der Waals surface area contributed by atoms with Crippen LogP contribution in [-0.2, 0) is 0 Å². The van der Waals surface area contributed by atoms with Gasteiger partial charge in [-0.3, -0.25) is 0 Å². The van der Waals surface area contributed by atoms with Crippen molar-refractivity contribution in [3.05, 3.63) is 0 Å². The molecule has 0 amide bonds. The van der Waals surface area contributed by atoms with E-state index >= 15 is 0 Å². The van der Waals surface area contributed by atoms with Crippen molar-refractivity contribution in [2.24, 2.45) is 0 Å². The predicted octanol–water partition coefficient (Wildman–Crippen LogP) is 5.76. The monoisotopic (exact) mass is 370 g/mol. The molecule has 0 saturated heterocycles. The molecule has 3 heteroatoms. The van der Waals surface area contributed by atoms with Crippen molar-refractivity contribution in [3.63, 3.8) is 0 Å². The number of hydrogen-bond acceptors (Lipinski definition) is 3. The quantitative estimate of drug-likeness (QED) is 0.252. The van der Waals surface area contributed by atoms with Gasteiger partial charge >= 0.3 is 0 Å². The van der Waals surface area contributed by atoms with E-state index in [9.17, 15) is 5.11 Å². The Kier molecular flexibility index (Phi) is 21.1. The van der Waals surface area contributed by atoms with Gasteiger partial charge in [0.15, 0.2) is 0 Å². The third kappa shape index (κ3) is 21.9. The second-order valence-electron chi connectivity index (χ2n) is 8.35. The maximum absolute atomic E-state index is 9.27. The number of aliphatic hydroxyl groups excluding tert-OH is 1. The first-order valence-electron chi connectivity index (χ1n) is 11.7. The molecule has 0 saturated carbocycles. The lowest BCUT2D eigenvalue weighted by atomic mass is 10.0. The third-order valence-corrected chi connectivity index (χ3v) is 5.38. The zero-order valence-electron chi connectivity index (χ0n) is 18.4. The summed E-state index contributed by atoms with van der Waals surface area (Å²) in [6.07, 6.45) is 21.8. The zero-order valence-corrected chi connectivity index (χ0v) is 18.4. The largest absolute Gasteiger partial charge is 0.393 e. The van der Waals surface area contributed by atoms with Crippen LogP contribution in [0.4, 0.5) is 0 Å². The molecular weight excluding hydrogens is 320 g/mol. The van der Waals surface area contributed by atoms with Crippen LogP contribution in [0.1, 0.15) is 110 Å². The first-order valence-corrected chi connectivity index (χ1v) is 11.7. The van der Waals surface area contributed by atoms with E-state index in [4.69, 9.17) is 0 Å². The standard InChI is InChI=1S/C23H50N2O/c1-23(26)19-18-22-25(3)21-17-15-13-11-9-7-5-4-6-8-10-12-14-16-20-24-2/h23-24,26H,4-22H2,1-3H3. The lowest BCUT2D eigenvalue weighted by Crippen LogP contribution is -2.21. The van der Waals surface area contributed by atoms with Crippen molar-refractivity contribution in [2.75, 3.05) is 33.7 Å². The highest BCUT2D eigenvalue weighted by atomic mass is 16.3. The van der Waals surface area contributed by atoms with Crippen molar-refractivity contribution in [3.8, 4) is 0 Å². The fraction of sp³-hybridized carbons (Fsp3) is 1.00. The molecule has 0 aromatic rings. The highest BCUT2D eigenvalue weighted by molar-refractivity contribution is 4.56. The van der Waals surface area contributed by atoms with Gasteiger partial charge in [-0.15, -0.1) is 0 Å². The van der Waals surface area contributed by atoms with Gasteiger partial charge in [0.25, 0.3) is 0 Å². The Morgan fingerprint density at radius 3 is 1.46 bits per heavy atom. The lowest BCUT2D eigenvalue weighted by molar-refractivity contribution is 0.174. The van der Waals surface area contributed by atoms with Crippen LogP contribution in [0.5, 0.6) is 0 Å². The van der Waals surface area contributed by atoms with Crippen molar-refractivity contribution in [2.45, 2.75) is 116 Å². The molecular formula is C23H50N2O. The van der Waals surface area contributed by atoms with E-state index in [0.29, 0.717) is 0 Å². The minimum Gasteiger partial charge on any atom is -0.393 e. The van der Waals surface area contributed by atoms with Crippen LogP contribution in [0.2, 0.25) is 0 Å². The Bertz CT molecular complexity index is 259. The summed E-state index contributed by atoms with van der Waals surface area (Å²) < 4.78 is 0. The number of nitrogens with one attached hydrogen (secondary N) is 1. The molecule has 0 rings (SSSR count). The molecule has 2 N–H and O–H groups in total. The van der Waals surface area contributed by atoms with Gasteiger partial charge in [0.1, 0.15) is 0 Å². The molecule has 0 radical (unpaired) electrons. The molecule has 0 aliphatic rings. The van der Waals surface area contributed by atoms with E-state index in [1.165, 1.54) is 103 Å². The fourth-order valence-electron chi connectivity index (χ4n) is 3.57. The second kappa shape index (κ2) is 21.2. The van der Waals surface area contributed by atoms with Gasteiger partial charge in [-0.05, 0) is 66.3 Å². The van der Waals surface area contributed by atoms with Crippen molar-refractivity contribution in [1.29, 1.82) is 0 Å². The maximum Gasteiger partial charge on any atom is 0.0512 e. The van der Waals surface area contributed by atoms with Crippen molar-refractivity contribution in [1.82, 2.24) is 10.2 Å². The smallest absolute Gasteiger partial charge is 0.0512 e. The van der Waals surface area contributed by atoms with Gasteiger partial charge in [-0.2, -0.15) is 0 Å². The van der Waals surface area contributed by atoms with Crippen LogP contribution in [0, 0.1) is 0 Å². The summed E-state index contributed by atoms with van der Waals surface area (Å²) in [6, 6.07) is 0. The Labute approximate surface area is 165 Å². The van der Waals surface area contributed by atoms with Crippen molar-refractivity contribution >= 4 is 0 Å². The van der Waals surface area contributed by atoms with E-state index in [1.807, 2.05) is 14.0 Å². The van der Waals surface area contributed by atoms with E-state index in [0.717, 1.165) is 19.4 Å². The van der Waals surface area contributed by atoms with E-state index in [-0.39, 0.29) is 6.10 Å². The molecule has 0 aromatic carbocycles. The van der Waals surface area contributed by atoms with Crippen LogP contribution in [0.3, 0.4) is 0 Å². The van der Waals surface area contributed by atoms with Crippen LogP contribution in [0.25, 0.3) is 0 Å². The van der Waals surface area contributed by atoms with Crippen molar-refractivity contribution < 1.29 is 5.11 Å². The molecule has 0 bridgehead atoms. The Morgan fingerprint density at radius 1 is 0.654 bits per heavy atom. The Balaban J connectivity index is 3.09. The summed E-state index contributed by atoms with van der Waals surface area (Å²) in [5.41, 5.74) is 0. The van der Waals surface area contributed by atoms with E-state index < -0.39 is 0 Å². The molecule has 0 fully saturated rings. The lowest BCUT2D eigenvalue weighted by Gasteiger charge is -2.16. The molecule has 1 unspecified atom stereocenters. The summed E-state index contributed by atoms with van der Waals surface area (Å²) in [6.45, 7) is 5.41. The average Bonchev–Trinajstić information content (AvgIpc) is 2.61. The molecule has 0 aromatic heterocycles. The zero-order chi connectivity index (χ0) is 19.3. The molecule has 0 heterocycles. The van der Waals surface area contributed by atoms with Crippen LogP contribution < -0.4 is 5.32 Å². The Hall–Kier alpha value is -0.120. The van der Waals surface area contributed by atoms with Gasteiger partial charge in [-0.25, -0.2) is 0 Å². The summed E-state index contributed by atoms with van der Waals surface area (Å²) in [4.78, 5) is 2.42. The molecule has 3 nitrogen and oxygen atoms in total. The fourth-order valence-corrected chi connectivity index (χ4v) is 3.57. The van der Waals surface area contributed by atoms with E-state index in [2.05, 4.69) is 17.3 Å². The topological polar surface area (TPSA) is 35.5 Å². The van der Waals surface area contributed by atoms with E-state index in [1.54, 1.807) is 0 Å². The summed E-state index contributed by atoms with van der Waals surface area (Å²) >= 11 is 0. The Morgan fingerprint density at radius 2 is 1.04 bits per heavy atom. The molecule has 0 aliphatic heterocycles. The molecule has 26 heavy (non-hydrogen) atoms. The average molecular weight is 371 g/mol. The minimum atomic E-state index is -0.142. The predicted molar refractivity (Wildman–Crippen MR) is 117 cm³/mol.